The summed E-state index contributed by atoms with van der Waals surface area (Å²) >= 11 is 9.29. The Balaban J connectivity index is 3.03. The number of unbranched alkanes of at least 4 members (excludes halogenated alkanes) is 1. The van der Waals surface area contributed by atoms with Crippen LogP contribution in [0.1, 0.15) is 30.1 Å². The first-order chi connectivity index (χ1) is 8.10. The van der Waals surface area contributed by atoms with Crippen LogP contribution in [0.2, 0.25) is 5.02 Å². The van der Waals surface area contributed by atoms with Gasteiger partial charge in [0.1, 0.15) is 0 Å². The molecule has 0 saturated heterocycles. The number of nitrogen functional groups attached to an aromatic ring is 1. The van der Waals surface area contributed by atoms with Gasteiger partial charge in [-0.15, -0.1) is 0 Å². The number of amides is 1. The Morgan fingerprint density at radius 2 is 2.24 bits per heavy atom. The summed E-state index contributed by atoms with van der Waals surface area (Å²) in [7, 11) is 0. The lowest BCUT2D eigenvalue weighted by molar-refractivity contribution is 0.0954. The lowest BCUT2D eigenvalue weighted by Crippen LogP contribution is -2.30. The minimum absolute atomic E-state index is 0.368. The van der Waals surface area contributed by atoms with Crippen LogP contribution in [-0.2, 0) is 0 Å². The van der Waals surface area contributed by atoms with E-state index in [1.165, 1.54) is 0 Å². The molecule has 0 radical (unpaired) electrons. The number of hydrogen-bond acceptors (Lipinski definition) is 3. The Morgan fingerprint density at radius 3 is 2.82 bits per heavy atom. The third-order valence-electron chi connectivity index (χ3n) is 2.26. The maximum absolute atomic E-state index is 11.6. The van der Waals surface area contributed by atoms with Gasteiger partial charge in [-0.05, 0) is 34.5 Å². The molecule has 1 rings (SSSR count). The lowest BCUT2D eigenvalue weighted by atomic mass is 10.1. The fourth-order valence-electron chi connectivity index (χ4n) is 1.40. The summed E-state index contributed by atoms with van der Waals surface area (Å²) in [6.45, 7) is 2.90. The van der Waals surface area contributed by atoms with Crippen LogP contribution in [0, 0.1) is 0 Å². The summed E-state index contributed by atoms with van der Waals surface area (Å²) in [4.78, 5) is 11.6. The van der Waals surface area contributed by atoms with Crippen LogP contribution >= 0.6 is 27.5 Å². The quantitative estimate of drug-likeness (QED) is 0.338. The zero-order valence-electron chi connectivity index (χ0n) is 9.52. The van der Waals surface area contributed by atoms with Crippen molar-refractivity contribution in [2.24, 2.45) is 5.84 Å². The normalized spacial score (nSPS) is 10.1. The minimum Gasteiger partial charge on any atom is -0.383 e. The summed E-state index contributed by atoms with van der Waals surface area (Å²) in [6, 6.07) is 3.33. The molecule has 1 aromatic carbocycles. The van der Waals surface area contributed by atoms with Crippen LogP contribution < -0.4 is 16.6 Å². The average Bonchev–Trinajstić information content (AvgIpc) is 2.30. The van der Waals surface area contributed by atoms with Crippen molar-refractivity contribution in [3.8, 4) is 0 Å². The number of rotatable bonds is 5. The monoisotopic (exact) mass is 319 g/mol. The van der Waals surface area contributed by atoms with Gasteiger partial charge in [0, 0.05) is 16.0 Å². The van der Waals surface area contributed by atoms with Crippen LogP contribution in [0.4, 0.5) is 5.69 Å². The molecule has 0 aromatic heterocycles. The third kappa shape index (κ3) is 3.87. The first kappa shape index (κ1) is 14.3. The van der Waals surface area contributed by atoms with Gasteiger partial charge in [-0.1, -0.05) is 24.9 Å². The maximum atomic E-state index is 11.6. The van der Waals surface area contributed by atoms with Gasteiger partial charge in [0.15, 0.2) is 0 Å². The zero-order valence-corrected chi connectivity index (χ0v) is 11.9. The molecule has 4 nitrogen and oxygen atoms in total. The van der Waals surface area contributed by atoms with E-state index in [-0.39, 0.29) is 5.91 Å². The van der Waals surface area contributed by atoms with E-state index >= 15 is 0 Å². The van der Waals surface area contributed by atoms with E-state index < -0.39 is 0 Å². The van der Waals surface area contributed by atoms with Crippen molar-refractivity contribution >= 4 is 39.1 Å². The van der Waals surface area contributed by atoms with Crippen molar-refractivity contribution in [2.45, 2.75) is 19.8 Å². The highest BCUT2D eigenvalue weighted by atomic mass is 79.9. The molecule has 94 valence electrons. The van der Waals surface area contributed by atoms with Gasteiger partial charge in [0.05, 0.1) is 11.3 Å². The van der Waals surface area contributed by atoms with Gasteiger partial charge < -0.3 is 5.32 Å². The molecule has 0 bridgehead atoms. The van der Waals surface area contributed by atoms with Crippen molar-refractivity contribution in [1.29, 1.82) is 0 Å². The number of halogens is 2. The second-order valence-electron chi connectivity index (χ2n) is 3.56. The number of nitrogens with two attached hydrogens (primary N) is 1. The van der Waals surface area contributed by atoms with E-state index in [4.69, 9.17) is 17.4 Å². The molecule has 0 aliphatic heterocycles. The number of benzene rings is 1. The van der Waals surface area contributed by atoms with E-state index in [0.717, 1.165) is 23.9 Å². The number of nitrogens with one attached hydrogen (secondary N) is 2. The average molecular weight is 321 g/mol. The predicted octanol–water partition coefficient (Wildman–Crippen LogP) is 2.92. The molecule has 0 heterocycles. The van der Waals surface area contributed by atoms with Crippen molar-refractivity contribution in [2.75, 3.05) is 11.9 Å². The highest BCUT2D eigenvalue weighted by Gasteiger charge is 2.14. The Morgan fingerprint density at radius 1 is 1.53 bits per heavy atom. The summed E-state index contributed by atoms with van der Waals surface area (Å²) in [5.74, 6) is 4.77. The largest absolute Gasteiger partial charge is 0.383 e. The van der Waals surface area contributed by atoms with Crippen LogP contribution in [-0.4, -0.2) is 12.5 Å². The molecule has 0 saturated carbocycles. The molecule has 1 aromatic rings. The molecular weight excluding hydrogens is 305 g/mol. The van der Waals surface area contributed by atoms with E-state index in [1.807, 2.05) is 0 Å². The zero-order chi connectivity index (χ0) is 12.8. The molecule has 0 aliphatic carbocycles. The van der Waals surface area contributed by atoms with Crippen LogP contribution in [0.5, 0.6) is 0 Å². The van der Waals surface area contributed by atoms with Crippen molar-refractivity contribution in [3.05, 3.63) is 27.2 Å². The highest BCUT2D eigenvalue weighted by Crippen LogP contribution is 2.30. The Kier molecular flexibility index (Phi) is 5.74. The predicted molar refractivity (Wildman–Crippen MR) is 74.2 cm³/mol. The second kappa shape index (κ2) is 6.83. The van der Waals surface area contributed by atoms with Crippen LogP contribution in [0.3, 0.4) is 0 Å². The number of hydrogen-bond donors (Lipinski definition) is 3. The van der Waals surface area contributed by atoms with Crippen LogP contribution in [0.15, 0.2) is 16.6 Å². The second-order valence-corrected chi connectivity index (χ2v) is 4.85. The molecule has 17 heavy (non-hydrogen) atoms. The summed E-state index contributed by atoms with van der Waals surface area (Å²) < 4.78 is 0.750. The van der Waals surface area contributed by atoms with Gasteiger partial charge >= 0.3 is 0 Å². The van der Waals surface area contributed by atoms with Crippen molar-refractivity contribution in [1.82, 2.24) is 5.43 Å². The smallest absolute Gasteiger partial charge is 0.267 e. The molecule has 0 unspecified atom stereocenters. The first-order valence-corrected chi connectivity index (χ1v) is 6.51. The van der Waals surface area contributed by atoms with Crippen molar-refractivity contribution < 1.29 is 4.79 Å². The van der Waals surface area contributed by atoms with Crippen LogP contribution in [0.25, 0.3) is 0 Å². The molecule has 1 amide bonds. The standard InChI is InChI=1S/C11H15BrClN3O/c1-2-3-4-15-10-8(11(17)16-14)5-7(13)6-9(10)12/h5-6,15H,2-4,14H2,1H3,(H,16,17). The molecule has 0 aliphatic rings. The number of carbonyl (C=O) groups is 1. The van der Waals surface area contributed by atoms with E-state index in [1.54, 1.807) is 12.1 Å². The molecule has 0 fully saturated rings. The lowest BCUT2D eigenvalue weighted by Gasteiger charge is -2.13. The van der Waals surface area contributed by atoms with Gasteiger partial charge in [0.25, 0.3) is 5.91 Å². The SMILES string of the molecule is CCCCNc1c(Br)cc(Cl)cc1C(=O)NN. The van der Waals surface area contributed by atoms with Gasteiger partial charge in [0.2, 0.25) is 0 Å². The van der Waals surface area contributed by atoms with Gasteiger partial charge in [-0.2, -0.15) is 0 Å². The number of anilines is 1. The van der Waals surface area contributed by atoms with Gasteiger partial charge in [-0.3, -0.25) is 10.2 Å². The fourth-order valence-corrected chi connectivity index (χ4v) is 2.35. The number of hydrazine groups is 1. The summed E-state index contributed by atoms with van der Waals surface area (Å²) in [6.07, 6.45) is 2.11. The van der Waals surface area contributed by atoms with Crippen molar-refractivity contribution in [3.63, 3.8) is 0 Å². The molecule has 6 heteroatoms. The Labute approximate surface area is 114 Å². The Hall–Kier alpha value is -0.780. The Bertz CT molecular complexity index is 412. The van der Waals surface area contributed by atoms with E-state index in [9.17, 15) is 4.79 Å². The molecule has 0 spiro atoms. The van der Waals surface area contributed by atoms with E-state index in [2.05, 4.69) is 33.6 Å². The van der Waals surface area contributed by atoms with Gasteiger partial charge in [-0.25, -0.2) is 5.84 Å². The number of carbonyl (C=O) groups excluding carboxylic acids is 1. The summed E-state index contributed by atoms with van der Waals surface area (Å²) in [5.41, 5.74) is 3.26. The molecule has 0 atom stereocenters. The third-order valence-corrected chi connectivity index (χ3v) is 3.11. The summed E-state index contributed by atoms with van der Waals surface area (Å²) in [5, 5.41) is 3.69. The maximum Gasteiger partial charge on any atom is 0.267 e. The van der Waals surface area contributed by atoms with E-state index in [0.29, 0.717) is 16.3 Å². The highest BCUT2D eigenvalue weighted by molar-refractivity contribution is 9.10. The first-order valence-electron chi connectivity index (χ1n) is 5.34. The minimum atomic E-state index is -0.368. The topological polar surface area (TPSA) is 67.2 Å². The molecule has 4 N–H and O–H groups in total. The molecular formula is C11H15BrClN3O. The fraction of sp³-hybridized carbons (Fsp3) is 0.364.